The molecule has 3 aromatic rings. The highest BCUT2D eigenvalue weighted by Crippen LogP contribution is 2.28. The summed E-state index contributed by atoms with van der Waals surface area (Å²) in [7, 11) is 0. The Bertz CT molecular complexity index is 936. The molecule has 0 atom stereocenters. The molecule has 0 aliphatic rings. The minimum atomic E-state index is -0.117. The molecule has 0 fully saturated rings. The summed E-state index contributed by atoms with van der Waals surface area (Å²) in [5.74, 6) is 0.130. The molecule has 0 aliphatic carbocycles. The second-order valence-corrected chi connectivity index (χ2v) is 7.25. The average Bonchev–Trinajstić information content (AvgIpc) is 2.56. The van der Waals surface area contributed by atoms with E-state index in [1.54, 1.807) is 0 Å². The Morgan fingerprint density at radius 2 is 1.80 bits per heavy atom. The van der Waals surface area contributed by atoms with Crippen molar-refractivity contribution in [3.05, 3.63) is 58.2 Å². The molecule has 0 spiro atoms. The van der Waals surface area contributed by atoms with E-state index in [1.807, 2.05) is 57.2 Å². The number of carbonyl (C=O) groups excluding carboxylic acids is 1. The van der Waals surface area contributed by atoms with Crippen molar-refractivity contribution in [1.29, 1.82) is 0 Å². The minimum Gasteiger partial charge on any atom is -0.324 e. The summed E-state index contributed by atoms with van der Waals surface area (Å²) in [6, 6.07) is 11.5. The van der Waals surface area contributed by atoms with Gasteiger partial charge in [0.25, 0.3) is 0 Å². The molecule has 0 aliphatic heterocycles. The number of benzene rings is 2. The fraction of sp³-hybridized carbons (Fsp3) is 0.211. The third-order valence-electron chi connectivity index (χ3n) is 3.74. The first-order valence-corrected chi connectivity index (χ1v) is 9.23. The molecule has 2 aromatic carbocycles. The summed E-state index contributed by atoms with van der Waals surface area (Å²) in [6.07, 6.45) is 0. The van der Waals surface area contributed by atoms with E-state index in [9.17, 15) is 4.79 Å². The maximum absolute atomic E-state index is 12.3. The average molecular weight is 372 g/mol. The highest BCUT2D eigenvalue weighted by atomic mass is 35.5. The minimum absolute atomic E-state index is 0.117. The fourth-order valence-corrected chi connectivity index (χ4v) is 3.72. The quantitative estimate of drug-likeness (QED) is 0.660. The number of nitrogens with one attached hydrogen (secondary N) is 1. The molecule has 0 unspecified atom stereocenters. The van der Waals surface area contributed by atoms with Gasteiger partial charge in [0.15, 0.2) is 0 Å². The van der Waals surface area contributed by atoms with Gasteiger partial charge in [-0.1, -0.05) is 41.6 Å². The standard InChI is InChI=1S/C19H18ClN3OS/c1-11-8-12(2)18(14(20)9-11)23-17(24)10-25-19-13(3)21-15-6-4-5-7-16(15)22-19/h4-9H,10H2,1-3H3,(H,23,24). The lowest BCUT2D eigenvalue weighted by Gasteiger charge is -2.12. The molecule has 1 heterocycles. The largest absolute Gasteiger partial charge is 0.324 e. The molecule has 4 nitrogen and oxygen atoms in total. The van der Waals surface area contributed by atoms with Crippen LogP contribution in [0.1, 0.15) is 16.8 Å². The number of hydrogen-bond donors (Lipinski definition) is 1. The molecule has 1 N–H and O–H groups in total. The van der Waals surface area contributed by atoms with Crippen molar-refractivity contribution in [2.75, 3.05) is 11.1 Å². The van der Waals surface area contributed by atoms with E-state index in [1.165, 1.54) is 11.8 Å². The van der Waals surface area contributed by atoms with Crippen molar-refractivity contribution in [3.63, 3.8) is 0 Å². The zero-order valence-corrected chi connectivity index (χ0v) is 15.8. The Morgan fingerprint density at radius 1 is 1.12 bits per heavy atom. The van der Waals surface area contributed by atoms with Gasteiger partial charge >= 0.3 is 0 Å². The highest BCUT2D eigenvalue weighted by molar-refractivity contribution is 8.00. The third-order valence-corrected chi connectivity index (χ3v) is 5.10. The number of amides is 1. The number of hydrogen-bond acceptors (Lipinski definition) is 4. The molecular weight excluding hydrogens is 354 g/mol. The predicted molar refractivity (Wildman–Crippen MR) is 105 cm³/mol. The van der Waals surface area contributed by atoms with Gasteiger partial charge in [0.1, 0.15) is 5.03 Å². The number of thioether (sulfide) groups is 1. The summed E-state index contributed by atoms with van der Waals surface area (Å²) in [4.78, 5) is 21.4. The van der Waals surface area contributed by atoms with Gasteiger partial charge in [0.05, 0.1) is 33.2 Å². The number of aromatic nitrogens is 2. The van der Waals surface area contributed by atoms with Gasteiger partial charge in [0, 0.05) is 0 Å². The number of rotatable bonds is 4. The topological polar surface area (TPSA) is 54.9 Å². The molecular formula is C19H18ClN3OS. The fourth-order valence-electron chi connectivity index (χ4n) is 2.59. The van der Waals surface area contributed by atoms with Crippen molar-refractivity contribution < 1.29 is 4.79 Å². The Morgan fingerprint density at radius 3 is 2.48 bits per heavy atom. The van der Waals surface area contributed by atoms with E-state index in [0.29, 0.717) is 10.7 Å². The van der Waals surface area contributed by atoms with E-state index in [0.717, 1.165) is 32.9 Å². The summed E-state index contributed by atoms with van der Waals surface area (Å²) in [5.41, 5.74) is 5.19. The van der Waals surface area contributed by atoms with Gasteiger partial charge < -0.3 is 5.32 Å². The summed E-state index contributed by atoms with van der Waals surface area (Å²) in [6.45, 7) is 5.81. The van der Waals surface area contributed by atoms with Crippen LogP contribution in [-0.4, -0.2) is 21.6 Å². The van der Waals surface area contributed by atoms with Crippen LogP contribution in [0.4, 0.5) is 5.69 Å². The first-order chi connectivity index (χ1) is 11.9. The second kappa shape index (κ2) is 7.42. The lowest BCUT2D eigenvalue weighted by molar-refractivity contribution is -0.113. The Balaban J connectivity index is 1.72. The highest BCUT2D eigenvalue weighted by Gasteiger charge is 2.12. The normalized spacial score (nSPS) is 10.9. The van der Waals surface area contributed by atoms with Crippen molar-refractivity contribution in [3.8, 4) is 0 Å². The van der Waals surface area contributed by atoms with Gasteiger partial charge in [-0.25, -0.2) is 9.97 Å². The maximum Gasteiger partial charge on any atom is 0.234 e. The van der Waals surface area contributed by atoms with Gasteiger partial charge in [-0.05, 0) is 50.1 Å². The molecule has 1 aromatic heterocycles. The monoisotopic (exact) mass is 371 g/mol. The molecule has 6 heteroatoms. The molecule has 128 valence electrons. The number of nitrogens with zero attached hydrogens (tertiary/aromatic N) is 2. The predicted octanol–water partition coefficient (Wildman–Crippen LogP) is 4.94. The number of halogens is 1. The third kappa shape index (κ3) is 4.11. The Kier molecular flexibility index (Phi) is 5.25. The van der Waals surface area contributed by atoms with E-state index in [4.69, 9.17) is 11.6 Å². The number of carbonyl (C=O) groups is 1. The molecule has 0 bridgehead atoms. The van der Waals surface area contributed by atoms with Gasteiger partial charge in [-0.3, -0.25) is 4.79 Å². The van der Waals surface area contributed by atoms with E-state index in [2.05, 4.69) is 15.3 Å². The zero-order chi connectivity index (χ0) is 18.0. The molecule has 0 saturated heterocycles. The van der Waals surface area contributed by atoms with Crippen LogP contribution in [0, 0.1) is 20.8 Å². The summed E-state index contributed by atoms with van der Waals surface area (Å²) >= 11 is 7.62. The molecule has 1 amide bonds. The van der Waals surface area contributed by atoms with Crippen LogP contribution in [0.5, 0.6) is 0 Å². The second-order valence-electron chi connectivity index (χ2n) is 5.88. The molecule has 3 rings (SSSR count). The van der Waals surface area contributed by atoms with E-state index < -0.39 is 0 Å². The zero-order valence-electron chi connectivity index (χ0n) is 14.3. The van der Waals surface area contributed by atoms with Crippen molar-refractivity contribution >= 4 is 46.0 Å². The SMILES string of the molecule is Cc1cc(C)c(NC(=O)CSc2nc3ccccc3nc2C)c(Cl)c1. The van der Waals surface area contributed by atoms with Gasteiger partial charge in [-0.15, -0.1) is 0 Å². The van der Waals surface area contributed by atoms with Crippen LogP contribution in [0.25, 0.3) is 11.0 Å². The number of para-hydroxylation sites is 2. The van der Waals surface area contributed by atoms with Crippen LogP contribution in [-0.2, 0) is 4.79 Å². The Hall–Kier alpha value is -2.11. The molecule has 25 heavy (non-hydrogen) atoms. The van der Waals surface area contributed by atoms with E-state index in [-0.39, 0.29) is 11.7 Å². The van der Waals surface area contributed by atoms with Crippen molar-refractivity contribution in [2.24, 2.45) is 0 Å². The molecule has 0 saturated carbocycles. The Labute approximate surface area is 156 Å². The van der Waals surface area contributed by atoms with Crippen molar-refractivity contribution in [1.82, 2.24) is 9.97 Å². The van der Waals surface area contributed by atoms with Crippen LogP contribution < -0.4 is 5.32 Å². The number of aryl methyl sites for hydroxylation is 3. The number of anilines is 1. The van der Waals surface area contributed by atoms with Crippen LogP contribution in [0.2, 0.25) is 5.02 Å². The van der Waals surface area contributed by atoms with Crippen molar-refractivity contribution in [2.45, 2.75) is 25.8 Å². The molecule has 0 radical (unpaired) electrons. The smallest absolute Gasteiger partial charge is 0.234 e. The van der Waals surface area contributed by atoms with Gasteiger partial charge in [-0.2, -0.15) is 0 Å². The summed E-state index contributed by atoms with van der Waals surface area (Å²) in [5, 5.41) is 4.21. The number of fused-ring (bicyclic) bond motifs is 1. The maximum atomic E-state index is 12.3. The van der Waals surface area contributed by atoms with Crippen LogP contribution >= 0.6 is 23.4 Å². The van der Waals surface area contributed by atoms with Crippen LogP contribution in [0.15, 0.2) is 41.4 Å². The summed E-state index contributed by atoms with van der Waals surface area (Å²) < 4.78 is 0. The first-order valence-electron chi connectivity index (χ1n) is 7.87. The van der Waals surface area contributed by atoms with E-state index >= 15 is 0 Å². The van der Waals surface area contributed by atoms with Gasteiger partial charge in [0.2, 0.25) is 5.91 Å². The lowest BCUT2D eigenvalue weighted by atomic mass is 10.1. The lowest BCUT2D eigenvalue weighted by Crippen LogP contribution is -2.15. The van der Waals surface area contributed by atoms with Crippen LogP contribution in [0.3, 0.4) is 0 Å². The first kappa shape index (κ1) is 17.7.